The number of phenols is 1. The van der Waals surface area contributed by atoms with Gasteiger partial charge in [0.25, 0.3) is 10.1 Å². The van der Waals surface area contributed by atoms with Gasteiger partial charge in [-0.15, -0.1) is 0 Å². The van der Waals surface area contributed by atoms with E-state index in [1.54, 1.807) is 0 Å². The van der Waals surface area contributed by atoms with Crippen LogP contribution in [0.4, 0.5) is 5.69 Å². The summed E-state index contributed by atoms with van der Waals surface area (Å²) in [5.41, 5.74) is 5.13. The molecule has 0 atom stereocenters. The summed E-state index contributed by atoms with van der Waals surface area (Å²) in [5, 5.41) is 9.71. The Bertz CT molecular complexity index is 922. The van der Waals surface area contributed by atoms with Crippen molar-refractivity contribution in [3.63, 3.8) is 0 Å². The van der Waals surface area contributed by atoms with E-state index in [2.05, 4.69) is 0 Å². The third-order valence-electron chi connectivity index (χ3n) is 2.66. The quantitative estimate of drug-likeness (QED) is 0.230. The van der Waals surface area contributed by atoms with Crippen molar-refractivity contribution in [3.8, 4) is 5.75 Å². The number of nitrogen functional groups attached to an aromatic ring is 1. The normalized spacial score (nSPS) is 12.1. The van der Waals surface area contributed by atoms with E-state index in [1.165, 1.54) is 6.07 Å². The van der Waals surface area contributed by atoms with Crippen LogP contribution in [-0.4, -0.2) is 31.0 Å². The van der Waals surface area contributed by atoms with Crippen molar-refractivity contribution >= 4 is 36.7 Å². The molecule has 0 fully saturated rings. The molecule has 0 heterocycles. The van der Waals surface area contributed by atoms with Gasteiger partial charge >= 0.3 is 29.6 Å². The van der Waals surface area contributed by atoms with Gasteiger partial charge in [-0.25, -0.2) is 8.42 Å². The summed E-state index contributed by atoms with van der Waals surface area (Å²) in [6.45, 7) is 0. The number of nitrogens with two attached hydrogens (primary N) is 1. The van der Waals surface area contributed by atoms with Gasteiger partial charge in [-0.3, -0.25) is 4.55 Å². The maximum absolute atomic E-state index is 11.0. The molecule has 0 aliphatic carbocycles. The second-order valence-corrected chi connectivity index (χ2v) is 6.72. The maximum Gasteiger partial charge on any atom is 1.00 e. The number of benzene rings is 2. The van der Waals surface area contributed by atoms with E-state index in [4.69, 9.17) is 10.3 Å². The smallest absolute Gasteiger partial charge is 0.744 e. The van der Waals surface area contributed by atoms with Crippen LogP contribution in [0.1, 0.15) is 0 Å². The minimum Gasteiger partial charge on any atom is -0.744 e. The van der Waals surface area contributed by atoms with Crippen molar-refractivity contribution in [3.05, 3.63) is 24.3 Å². The molecule has 0 saturated heterocycles. The fourth-order valence-electron chi connectivity index (χ4n) is 1.73. The van der Waals surface area contributed by atoms with Gasteiger partial charge in [0, 0.05) is 5.39 Å². The molecule has 4 N–H and O–H groups in total. The van der Waals surface area contributed by atoms with Crippen LogP contribution in [-0.2, 0) is 20.2 Å². The van der Waals surface area contributed by atoms with Crippen LogP contribution >= 0.6 is 0 Å². The van der Waals surface area contributed by atoms with Crippen molar-refractivity contribution in [2.75, 3.05) is 5.73 Å². The van der Waals surface area contributed by atoms with Crippen molar-refractivity contribution < 1.29 is 60.6 Å². The fraction of sp³-hybridized carbons (Fsp3) is 0. The zero-order valence-corrected chi connectivity index (χ0v) is 14.3. The minimum atomic E-state index is -4.99. The summed E-state index contributed by atoms with van der Waals surface area (Å²) in [4.78, 5) is -1.46. The summed E-state index contributed by atoms with van der Waals surface area (Å²) >= 11 is 0. The predicted molar refractivity (Wildman–Crippen MR) is 67.8 cm³/mol. The summed E-state index contributed by atoms with van der Waals surface area (Å²) in [6, 6.07) is 3.93. The van der Waals surface area contributed by atoms with Crippen LogP contribution in [0.2, 0.25) is 0 Å². The molecule has 2 aromatic rings. The molecule has 0 aromatic heterocycles. The molecule has 21 heavy (non-hydrogen) atoms. The second kappa shape index (κ2) is 5.72. The molecule has 0 saturated carbocycles. The molecular weight excluding hydrogens is 333 g/mol. The first kappa shape index (κ1) is 18.2. The molecule has 2 aromatic carbocycles. The average molecular weight is 341 g/mol. The Morgan fingerprint density at radius 1 is 1.10 bits per heavy atom. The number of hydrogen-bond acceptors (Lipinski definition) is 7. The maximum atomic E-state index is 11.0. The summed E-state index contributed by atoms with van der Waals surface area (Å²) in [6.07, 6.45) is 0. The topological polar surface area (TPSA) is 158 Å². The third kappa shape index (κ3) is 3.48. The Balaban J connectivity index is 0.00000220. The van der Waals surface area contributed by atoms with E-state index >= 15 is 0 Å². The van der Waals surface area contributed by atoms with E-state index in [0.29, 0.717) is 0 Å². The van der Waals surface area contributed by atoms with Gasteiger partial charge in [0.2, 0.25) is 0 Å². The molecule has 0 amide bonds. The van der Waals surface area contributed by atoms with E-state index in [-0.39, 0.29) is 46.0 Å². The van der Waals surface area contributed by atoms with E-state index in [9.17, 15) is 26.5 Å². The molecule has 0 radical (unpaired) electrons. The van der Waals surface area contributed by atoms with Gasteiger partial charge in [0.1, 0.15) is 10.1 Å². The fourth-order valence-corrected chi connectivity index (χ4v) is 2.86. The average Bonchev–Trinajstić information content (AvgIpc) is 2.30. The number of hydrogen-bond donors (Lipinski definition) is 3. The molecule has 0 bridgehead atoms. The Kier molecular flexibility index (Phi) is 4.95. The Labute approximate surface area is 142 Å². The van der Waals surface area contributed by atoms with Gasteiger partial charge in [0.15, 0.2) is 5.75 Å². The minimum absolute atomic E-state index is 0. The van der Waals surface area contributed by atoms with E-state index in [0.717, 1.165) is 18.2 Å². The van der Waals surface area contributed by atoms with Crippen molar-refractivity contribution in [1.82, 2.24) is 0 Å². The van der Waals surface area contributed by atoms with E-state index < -0.39 is 35.8 Å². The number of fused-ring (bicyclic) bond motifs is 1. The largest absolute Gasteiger partial charge is 1.00 e. The number of anilines is 1. The van der Waals surface area contributed by atoms with Crippen LogP contribution in [0.3, 0.4) is 0 Å². The monoisotopic (exact) mass is 341 g/mol. The summed E-state index contributed by atoms with van der Waals surface area (Å²) in [7, 11) is -9.48. The molecule has 0 spiro atoms. The molecule has 11 heteroatoms. The number of rotatable bonds is 2. The number of aromatic hydroxyl groups is 1. The van der Waals surface area contributed by atoms with Crippen molar-refractivity contribution in [2.45, 2.75) is 9.79 Å². The molecular formula is C10H8NNaO7S2. The predicted octanol–water partition coefficient (Wildman–Crippen LogP) is -2.72. The third-order valence-corrected chi connectivity index (χ3v) is 4.36. The molecule has 0 unspecified atom stereocenters. The molecule has 0 aliphatic rings. The molecule has 2 rings (SSSR count). The Morgan fingerprint density at radius 2 is 1.67 bits per heavy atom. The van der Waals surface area contributed by atoms with Gasteiger partial charge < -0.3 is 15.4 Å². The van der Waals surface area contributed by atoms with Crippen LogP contribution < -0.4 is 35.3 Å². The van der Waals surface area contributed by atoms with Crippen LogP contribution in [0.15, 0.2) is 34.1 Å². The SMILES string of the molecule is Nc1c(O)c(S(=O)(=O)[O-])cc2cc(S(=O)(=O)O)ccc12.[Na+]. The standard InChI is InChI=1S/C10H9NO7S2.Na/c11-9-7-2-1-6(19(13,14)15)3-5(7)4-8(10(9)12)20(16,17)18;/h1-4,12H,11H2,(H,13,14,15)(H,16,17,18);/q;+1/p-1. The summed E-state index contributed by atoms with van der Waals surface area (Å²) < 4.78 is 63.9. The second-order valence-electron chi connectivity index (χ2n) is 3.95. The molecule has 8 nitrogen and oxygen atoms in total. The Hall–Kier alpha value is -0.880. The summed E-state index contributed by atoms with van der Waals surface area (Å²) in [5.74, 6) is -0.896. The van der Waals surface area contributed by atoms with Crippen LogP contribution in [0.5, 0.6) is 5.75 Å². The Morgan fingerprint density at radius 3 is 2.14 bits per heavy atom. The van der Waals surface area contributed by atoms with Crippen molar-refractivity contribution in [1.29, 1.82) is 0 Å². The van der Waals surface area contributed by atoms with Crippen LogP contribution in [0, 0.1) is 0 Å². The first-order valence-corrected chi connectivity index (χ1v) is 7.85. The molecule has 0 aliphatic heterocycles. The van der Waals surface area contributed by atoms with Gasteiger partial charge in [-0.1, -0.05) is 6.07 Å². The van der Waals surface area contributed by atoms with Crippen molar-refractivity contribution in [2.24, 2.45) is 0 Å². The first-order valence-electron chi connectivity index (χ1n) is 5.00. The zero-order chi connectivity index (χ0) is 15.3. The molecule has 108 valence electrons. The van der Waals surface area contributed by atoms with Crippen LogP contribution in [0.25, 0.3) is 10.8 Å². The van der Waals surface area contributed by atoms with E-state index in [1.807, 2.05) is 0 Å². The number of phenolic OH excluding ortho intramolecular Hbond substituents is 1. The van der Waals surface area contributed by atoms with Gasteiger partial charge in [0.05, 0.1) is 15.5 Å². The van der Waals surface area contributed by atoms with Gasteiger partial charge in [-0.05, 0) is 23.6 Å². The van der Waals surface area contributed by atoms with Gasteiger partial charge in [-0.2, -0.15) is 8.42 Å². The zero-order valence-electron chi connectivity index (χ0n) is 10.6. The first-order chi connectivity index (χ1) is 9.01.